The summed E-state index contributed by atoms with van der Waals surface area (Å²) in [4.78, 5) is 14.2. The highest BCUT2D eigenvalue weighted by Gasteiger charge is 2.35. The van der Waals surface area contributed by atoms with Crippen molar-refractivity contribution in [3.63, 3.8) is 0 Å². The van der Waals surface area contributed by atoms with Crippen LogP contribution in [0.25, 0.3) is 0 Å². The number of carbonyl (C=O) groups is 1. The van der Waals surface area contributed by atoms with E-state index >= 15 is 0 Å². The van der Waals surface area contributed by atoms with E-state index in [2.05, 4.69) is 37.9 Å². The van der Waals surface area contributed by atoms with E-state index < -0.39 is 0 Å². The molecule has 0 aliphatic carbocycles. The molecule has 3 nitrogen and oxygen atoms in total. The first-order valence-corrected chi connectivity index (χ1v) is 8.48. The topological polar surface area (TPSA) is 32.3 Å². The molecule has 0 bridgehead atoms. The van der Waals surface area contributed by atoms with Crippen molar-refractivity contribution < 1.29 is 4.79 Å². The fourth-order valence-electron chi connectivity index (χ4n) is 2.95. The van der Waals surface area contributed by atoms with E-state index in [9.17, 15) is 4.79 Å². The van der Waals surface area contributed by atoms with E-state index in [0.717, 1.165) is 25.3 Å². The van der Waals surface area contributed by atoms with Gasteiger partial charge in [0.25, 0.3) is 0 Å². The van der Waals surface area contributed by atoms with Gasteiger partial charge in [0.15, 0.2) is 0 Å². The van der Waals surface area contributed by atoms with Gasteiger partial charge in [-0.2, -0.15) is 0 Å². The molecule has 20 heavy (non-hydrogen) atoms. The molecule has 1 heterocycles. The van der Waals surface area contributed by atoms with E-state index in [4.69, 9.17) is 0 Å². The Morgan fingerprint density at radius 3 is 2.30 bits per heavy atom. The van der Waals surface area contributed by atoms with E-state index in [1.807, 2.05) is 6.92 Å². The first-order chi connectivity index (χ1) is 9.41. The normalized spacial score (nSPS) is 23.4. The van der Waals surface area contributed by atoms with Crippen molar-refractivity contribution in [3.05, 3.63) is 0 Å². The minimum Gasteiger partial charge on any atom is -0.326 e. The van der Waals surface area contributed by atoms with Crippen LogP contribution in [0.15, 0.2) is 0 Å². The van der Waals surface area contributed by atoms with Gasteiger partial charge in [0.1, 0.15) is 0 Å². The Morgan fingerprint density at radius 2 is 1.70 bits per heavy atom. The van der Waals surface area contributed by atoms with Gasteiger partial charge in [-0.1, -0.05) is 53.4 Å². The van der Waals surface area contributed by atoms with Gasteiger partial charge >= 0.3 is 0 Å². The van der Waals surface area contributed by atoms with Crippen molar-refractivity contribution in [2.45, 2.75) is 85.4 Å². The lowest BCUT2D eigenvalue weighted by Gasteiger charge is -2.25. The van der Waals surface area contributed by atoms with E-state index in [0.29, 0.717) is 5.92 Å². The molecule has 118 valence electrons. The van der Waals surface area contributed by atoms with E-state index in [1.54, 1.807) is 0 Å². The minimum atomic E-state index is -0.000286. The maximum Gasteiger partial charge on any atom is 0.240 e. The maximum absolute atomic E-state index is 12.2. The third-order valence-corrected chi connectivity index (χ3v) is 4.10. The number of hydrogen-bond acceptors (Lipinski definition) is 2. The van der Waals surface area contributed by atoms with Gasteiger partial charge in [-0.05, 0) is 31.6 Å². The van der Waals surface area contributed by atoms with Crippen LogP contribution in [0, 0.1) is 11.8 Å². The Bertz CT molecular complexity index is 289. The Balaban J connectivity index is 2.27. The summed E-state index contributed by atoms with van der Waals surface area (Å²) in [7, 11) is 0. The highest BCUT2D eigenvalue weighted by Crippen LogP contribution is 2.19. The zero-order valence-corrected chi connectivity index (χ0v) is 14.1. The fourth-order valence-corrected chi connectivity index (χ4v) is 2.95. The molecule has 0 radical (unpaired) electrons. The lowest BCUT2D eigenvalue weighted by Crippen LogP contribution is -2.39. The average molecular weight is 282 g/mol. The first-order valence-electron chi connectivity index (χ1n) is 8.48. The summed E-state index contributed by atoms with van der Waals surface area (Å²) in [6.07, 6.45) is 7.67. The van der Waals surface area contributed by atoms with Crippen LogP contribution >= 0.6 is 0 Å². The summed E-state index contributed by atoms with van der Waals surface area (Å²) in [5.74, 6) is 1.73. The Hall–Kier alpha value is -0.570. The molecule has 1 N–H and O–H groups in total. The molecule has 3 heteroatoms. The molecule has 2 unspecified atom stereocenters. The fraction of sp³-hybridized carbons (Fsp3) is 0.941. The van der Waals surface area contributed by atoms with Gasteiger partial charge in [0, 0.05) is 6.54 Å². The predicted molar refractivity (Wildman–Crippen MR) is 85.5 cm³/mol. The number of amides is 1. The van der Waals surface area contributed by atoms with Gasteiger partial charge in [0.2, 0.25) is 5.91 Å². The maximum atomic E-state index is 12.2. The van der Waals surface area contributed by atoms with Crippen LogP contribution in [0.2, 0.25) is 0 Å². The SMILES string of the molecule is CC(C)CCCCCCN1C(=O)C(C)NC1CC(C)C. The number of nitrogens with zero attached hydrogens (tertiary/aromatic N) is 1. The Labute approximate surface area is 125 Å². The van der Waals surface area contributed by atoms with Crippen LogP contribution < -0.4 is 5.32 Å². The molecule has 1 aliphatic rings. The Morgan fingerprint density at radius 1 is 1.05 bits per heavy atom. The molecule has 0 aromatic heterocycles. The molecule has 1 aliphatic heterocycles. The molecule has 0 aromatic rings. The smallest absolute Gasteiger partial charge is 0.240 e. The lowest BCUT2D eigenvalue weighted by molar-refractivity contribution is -0.130. The van der Waals surface area contributed by atoms with Crippen LogP contribution in [0.1, 0.15) is 73.1 Å². The molecule has 1 amide bonds. The summed E-state index contributed by atoms with van der Waals surface area (Å²) < 4.78 is 0. The van der Waals surface area contributed by atoms with Gasteiger partial charge in [-0.15, -0.1) is 0 Å². The molecule has 2 atom stereocenters. The Kier molecular flexibility index (Phi) is 7.57. The van der Waals surface area contributed by atoms with Crippen LogP contribution in [-0.2, 0) is 4.79 Å². The van der Waals surface area contributed by atoms with Crippen molar-refractivity contribution in [1.29, 1.82) is 0 Å². The van der Waals surface area contributed by atoms with Gasteiger partial charge in [0.05, 0.1) is 12.2 Å². The quantitative estimate of drug-likeness (QED) is 0.653. The van der Waals surface area contributed by atoms with E-state index in [-0.39, 0.29) is 18.1 Å². The van der Waals surface area contributed by atoms with Gasteiger partial charge in [-0.3, -0.25) is 10.1 Å². The molecule has 0 spiro atoms. The molecular weight excluding hydrogens is 248 g/mol. The summed E-state index contributed by atoms with van der Waals surface area (Å²) in [5.41, 5.74) is 0. The van der Waals surface area contributed by atoms with Crippen LogP contribution in [0.5, 0.6) is 0 Å². The minimum absolute atomic E-state index is 0.000286. The second kappa shape index (κ2) is 8.66. The van der Waals surface area contributed by atoms with Gasteiger partial charge in [-0.25, -0.2) is 0 Å². The third-order valence-electron chi connectivity index (χ3n) is 4.10. The number of nitrogens with one attached hydrogen (secondary N) is 1. The van der Waals surface area contributed by atoms with Crippen LogP contribution in [0.4, 0.5) is 0 Å². The summed E-state index contributed by atoms with van der Waals surface area (Å²) in [6.45, 7) is 11.9. The zero-order valence-electron chi connectivity index (χ0n) is 14.1. The standard InChI is InChI=1S/C17H34N2O/c1-13(2)10-8-6-7-9-11-19-16(12-14(3)4)18-15(5)17(19)20/h13-16,18H,6-12H2,1-5H3. The largest absolute Gasteiger partial charge is 0.326 e. The van der Waals surface area contributed by atoms with Crippen molar-refractivity contribution in [3.8, 4) is 0 Å². The van der Waals surface area contributed by atoms with Crippen molar-refractivity contribution in [1.82, 2.24) is 10.2 Å². The molecule has 0 aromatic carbocycles. The monoisotopic (exact) mass is 282 g/mol. The predicted octanol–water partition coefficient (Wildman–Crippen LogP) is 3.79. The molecule has 1 saturated heterocycles. The molecule has 1 rings (SSSR count). The number of carbonyl (C=O) groups excluding carboxylic acids is 1. The van der Waals surface area contributed by atoms with Crippen molar-refractivity contribution >= 4 is 5.91 Å². The number of rotatable bonds is 9. The highest BCUT2D eigenvalue weighted by molar-refractivity contribution is 5.83. The summed E-state index contributed by atoms with van der Waals surface area (Å²) in [5, 5.41) is 3.43. The molecule has 0 saturated carbocycles. The van der Waals surface area contributed by atoms with Crippen LogP contribution in [-0.4, -0.2) is 29.6 Å². The second-order valence-electron chi connectivity index (χ2n) is 7.16. The second-order valence-corrected chi connectivity index (χ2v) is 7.16. The van der Waals surface area contributed by atoms with Crippen molar-refractivity contribution in [2.75, 3.05) is 6.54 Å². The highest BCUT2D eigenvalue weighted by atomic mass is 16.2. The summed E-state index contributed by atoms with van der Waals surface area (Å²) in [6, 6.07) is -0.000286. The van der Waals surface area contributed by atoms with Crippen LogP contribution in [0.3, 0.4) is 0 Å². The number of unbranched alkanes of at least 4 members (excludes halogenated alkanes) is 3. The zero-order chi connectivity index (χ0) is 15.1. The molecule has 1 fully saturated rings. The van der Waals surface area contributed by atoms with Gasteiger partial charge < -0.3 is 4.90 Å². The van der Waals surface area contributed by atoms with Crippen molar-refractivity contribution in [2.24, 2.45) is 11.8 Å². The molecular formula is C17H34N2O. The number of hydrogen-bond donors (Lipinski definition) is 1. The summed E-state index contributed by atoms with van der Waals surface area (Å²) >= 11 is 0. The third kappa shape index (κ3) is 5.82. The average Bonchev–Trinajstić information content (AvgIpc) is 2.59. The lowest BCUT2D eigenvalue weighted by atomic mass is 10.0. The first kappa shape index (κ1) is 17.5. The van der Waals surface area contributed by atoms with E-state index in [1.165, 1.54) is 25.7 Å².